The van der Waals surface area contributed by atoms with Crippen molar-refractivity contribution in [2.75, 3.05) is 65.3 Å². The molecule has 2 fully saturated rings. The van der Waals surface area contributed by atoms with Gasteiger partial charge in [-0.25, -0.2) is 8.42 Å². The summed E-state index contributed by atoms with van der Waals surface area (Å²) in [7, 11) is -1.77. The lowest BCUT2D eigenvalue weighted by molar-refractivity contribution is -0.132. The molecule has 0 N–H and O–H groups in total. The fraction of sp³-hybridized carbons (Fsp3) is 0.929. The maximum Gasteiger partial charge on any atom is 0.223 e. The summed E-state index contributed by atoms with van der Waals surface area (Å²) in [4.78, 5) is 16.3. The van der Waals surface area contributed by atoms with Crippen molar-refractivity contribution in [2.45, 2.75) is 19.3 Å². The van der Waals surface area contributed by atoms with E-state index in [0.717, 1.165) is 19.6 Å². The van der Waals surface area contributed by atoms with Crippen molar-refractivity contribution in [3.05, 3.63) is 0 Å². The molecule has 0 unspecified atom stereocenters. The van der Waals surface area contributed by atoms with Gasteiger partial charge in [0.25, 0.3) is 0 Å². The van der Waals surface area contributed by atoms with E-state index in [1.807, 2.05) is 0 Å². The second-order valence-corrected chi connectivity index (χ2v) is 7.98. The number of likely N-dealkylation sites (tertiary alicyclic amines) is 1. The van der Waals surface area contributed by atoms with Crippen LogP contribution < -0.4 is 0 Å². The van der Waals surface area contributed by atoms with Gasteiger partial charge in [-0.2, -0.15) is 4.31 Å². The van der Waals surface area contributed by atoms with Gasteiger partial charge in [0.05, 0.1) is 12.4 Å². The van der Waals surface area contributed by atoms with E-state index in [0.29, 0.717) is 32.6 Å². The highest BCUT2D eigenvalue weighted by Crippen LogP contribution is 2.11. The topological polar surface area (TPSA) is 70.2 Å². The average molecular weight is 333 g/mol. The summed E-state index contributed by atoms with van der Waals surface area (Å²) in [6, 6.07) is 0. The third kappa shape index (κ3) is 4.91. The molecule has 2 aliphatic heterocycles. The van der Waals surface area contributed by atoms with E-state index in [-0.39, 0.29) is 18.3 Å². The number of carbonyl (C=O) groups is 1. The summed E-state index contributed by atoms with van der Waals surface area (Å²) in [5.74, 6) is 0.146. The predicted molar refractivity (Wildman–Crippen MR) is 84.1 cm³/mol. The van der Waals surface area contributed by atoms with Crippen molar-refractivity contribution in [1.29, 1.82) is 0 Å². The molecule has 7 nitrogen and oxygen atoms in total. The van der Waals surface area contributed by atoms with Gasteiger partial charge in [-0.05, 0) is 25.9 Å². The number of methoxy groups -OCH3 is 1. The molecule has 2 saturated heterocycles. The summed E-state index contributed by atoms with van der Waals surface area (Å²) in [5.41, 5.74) is 0. The number of ether oxygens (including phenoxy) is 1. The van der Waals surface area contributed by atoms with Crippen LogP contribution in [0.1, 0.15) is 19.3 Å². The normalized spacial score (nSPS) is 21.4. The van der Waals surface area contributed by atoms with E-state index in [9.17, 15) is 13.2 Å². The van der Waals surface area contributed by atoms with E-state index in [4.69, 9.17) is 4.74 Å². The highest BCUT2D eigenvalue weighted by molar-refractivity contribution is 7.89. The van der Waals surface area contributed by atoms with E-state index in [1.54, 1.807) is 4.90 Å². The first-order valence-corrected chi connectivity index (χ1v) is 9.61. The minimum absolute atomic E-state index is 0.00636. The number of hydrogen-bond acceptors (Lipinski definition) is 5. The number of carbonyl (C=O) groups excluding carboxylic acids is 1. The predicted octanol–water partition coefficient (Wildman–Crippen LogP) is -0.407. The molecule has 0 atom stereocenters. The zero-order valence-electron chi connectivity index (χ0n) is 13.4. The summed E-state index contributed by atoms with van der Waals surface area (Å²) < 4.78 is 30.4. The van der Waals surface area contributed by atoms with Gasteiger partial charge in [-0.15, -0.1) is 0 Å². The van der Waals surface area contributed by atoms with Crippen molar-refractivity contribution < 1.29 is 17.9 Å². The molecule has 1 amide bonds. The van der Waals surface area contributed by atoms with Gasteiger partial charge in [0, 0.05) is 46.3 Å². The average Bonchev–Trinajstić information content (AvgIpc) is 3.04. The Morgan fingerprint density at radius 3 is 2.27 bits per heavy atom. The zero-order chi connectivity index (χ0) is 16.0. The van der Waals surface area contributed by atoms with Crippen LogP contribution in [0.4, 0.5) is 0 Å². The van der Waals surface area contributed by atoms with Gasteiger partial charge in [-0.1, -0.05) is 0 Å². The molecular weight excluding hydrogens is 306 g/mol. The van der Waals surface area contributed by atoms with Gasteiger partial charge in [0.2, 0.25) is 15.9 Å². The molecule has 0 spiro atoms. The number of piperazine rings is 1. The molecule has 2 aliphatic rings. The maximum atomic E-state index is 12.2. The van der Waals surface area contributed by atoms with E-state index >= 15 is 0 Å². The lowest BCUT2D eigenvalue weighted by Crippen LogP contribution is -2.51. The van der Waals surface area contributed by atoms with Crippen LogP contribution in [0, 0.1) is 0 Å². The second kappa shape index (κ2) is 8.24. The van der Waals surface area contributed by atoms with Crippen LogP contribution >= 0.6 is 0 Å². The summed E-state index contributed by atoms with van der Waals surface area (Å²) in [6.07, 6.45) is 2.99. The van der Waals surface area contributed by atoms with Crippen LogP contribution in [-0.4, -0.2) is 93.7 Å². The van der Waals surface area contributed by atoms with Crippen molar-refractivity contribution in [2.24, 2.45) is 0 Å². The monoisotopic (exact) mass is 333 g/mol. The van der Waals surface area contributed by atoms with E-state index in [1.165, 1.54) is 24.3 Å². The minimum Gasteiger partial charge on any atom is -0.384 e. The Morgan fingerprint density at radius 1 is 1.05 bits per heavy atom. The molecule has 2 heterocycles. The summed E-state index contributed by atoms with van der Waals surface area (Å²) in [6.45, 7) is 4.99. The first-order valence-electron chi connectivity index (χ1n) is 8.00. The molecule has 0 radical (unpaired) electrons. The van der Waals surface area contributed by atoms with Crippen molar-refractivity contribution in [3.8, 4) is 0 Å². The molecule has 0 aromatic carbocycles. The molecule has 22 heavy (non-hydrogen) atoms. The lowest BCUT2D eigenvalue weighted by Gasteiger charge is -2.34. The molecule has 2 rings (SSSR count). The minimum atomic E-state index is -3.26. The fourth-order valence-corrected chi connectivity index (χ4v) is 4.31. The quantitative estimate of drug-likeness (QED) is 0.634. The molecule has 8 heteroatoms. The maximum absolute atomic E-state index is 12.2. The Balaban J connectivity index is 1.72. The Hall–Kier alpha value is -0.700. The molecule has 0 aromatic rings. The first kappa shape index (κ1) is 17.7. The SMILES string of the molecule is COCCS(=O)(=O)N1CCN(C(=O)CCN2CCCC2)CC1. The first-order chi connectivity index (χ1) is 10.5. The fourth-order valence-electron chi connectivity index (χ4n) is 2.95. The Labute approximate surface area is 133 Å². The van der Waals surface area contributed by atoms with E-state index < -0.39 is 10.0 Å². The number of nitrogens with zero attached hydrogens (tertiary/aromatic N) is 3. The Morgan fingerprint density at radius 2 is 1.68 bits per heavy atom. The number of hydrogen-bond donors (Lipinski definition) is 0. The van der Waals surface area contributed by atoms with E-state index in [2.05, 4.69) is 4.90 Å². The molecule has 128 valence electrons. The van der Waals surface area contributed by atoms with Crippen LogP contribution in [0.5, 0.6) is 0 Å². The summed E-state index contributed by atoms with van der Waals surface area (Å²) in [5, 5.41) is 0. The number of rotatable bonds is 7. The number of amides is 1. The van der Waals surface area contributed by atoms with Crippen LogP contribution in [0.3, 0.4) is 0 Å². The molecule has 0 saturated carbocycles. The van der Waals surface area contributed by atoms with Gasteiger partial charge in [-0.3, -0.25) is 4.79 Å². The molecule has 0 bridgehead atoms. The van der Waals surface area contributed by atoms with Gasteiger partial charge >= 0.3 is 0 Å². The molecule has 0 aliphatic carbocycles. The van der Waals surface area contributed by atoms with Crippen LogP contribution in [0.25, 0.3) is 0 Å². The number of sulfonamides is 1. The second-order valence-electron chi connectivity index (χ2n) is 5.89. The van der Waals surface area contributed by atoms with Crippen molar-refractivity contribution in [1.82, 2.24) is 14.1 Å². The Kier molecular flexibility index (Phi) is 6.61. The lowest BCUT2D eigenvalue weighted by atomic mass is 10.3. The van der Waals surface area contributed by atoms with Crippen molar-refractivity contribution >= 4 is 15.9 Å². The Bertz CT molecular complexity index is 455. The summed E-state index contributed by atoms with van der Waals surface area (Å²) >= 11 is 0. The van der Waals surface area contributed by atoms with Gasteiger partial charge in [0.1, 0.15) is 0 Å². The van der Waals surface area contributed by atoms with Gasteiger partial charge in [0.15, 0.2) is 0 Å². The standard InChI is InChI=1S/C14H27N3O4S/c1-21-12-13-22(19,20)17-10-8-16(9-11-17)14(18)4-7-15-5-2-3-6-15/h2-13H2,1H3. The van der Waals surface area contributed by atoms with Crippen molar-refractivity contribution in [3.63, 3.8) is 0 Å². The van der Waals surface area contributed by atoms with Gasteiger partial charge < -0.3 is 14.5 Å². The molecular formula is C14H27N3O4S. The highest BCUT2D eigenvalue weighted by atomic mass is 32.2. The smallest absolute Gasteiger partial charge is 0.223 e. The van der Waals surface area contributed by atoms with Crippen LogP contribution in [0.15, 0.2) is 0 Å². The highest BCUT2D eigenvalue weighted by Gasteiger charge is 2.28. The van der Waals surface area contributed by atoms with Crippen LogP contribution in [0.2, 0.25) is 0 Å². The zero-order valence-corrected chi connectivity index (χ0v) is 14.2. The third-order valence-electron chi connectivity index (χ3n) is 4.37. The third-order valence-corrected chi connectivity index (χ3v) is 6.21. The largest absolute Gasteiger partial charge is 0.384 e. The van der Waals surface area contributed by atoms with Crippen LogP contribution in [-0.2, 0) is 19.6 Å². The molecule has 0 aromatic heterocycles.